The van der Waals surface area contributed by atoms with Crippen LogP contribution in [-0.2, 0) is 11.3 Å². The van der Waals surface area contributed by atoms with E-state index in [0.717, 1.165) is 11.4 Å². The van der Waals surface area contributed by atoms with Crippen molar-refractivity contribution in [3.63, 3.8) is 0 Å². The second kappa shape index (κ2) is 6.40. The maximum absolute atomic E-state index is 5.54. The van der Waals surface area contributed by atoms with Gasteiger partial charge in [0.05, 0.1) is 12.3 Å². The van der Waals surface area contributed by atoms with Gasteiger partial charge in [-0.2, -0.15) is 4.98 Å². The average molecular weight is 225 g/mol. The molecule has 0 bridgehead atoms. The first kappa shape index (κ1) is 12.9. The van der Waals surface area contributed by atoms with E-state index in [4.69, 9.17) is 15.2 Å². The lowest BCUT2D eigenvalue weighted by Gasteiger charge is -2.13. The number of rotatable bonds is 6. The van der Waals surface area contributed by atoms with Gasteiger partial charge in [0.2, 0.25) is 0 Å². The third-order valence-electron chi connectivity index (χ3n) is 1.96. The zero-order valence-electron chi connectivity index (χ0n) is 10.1. The lowest BCUT2D eigenvalue weighted by Crippen LogP contribution is -2.20. The van der Waals surface area contributed by atoms with Crippen molar-refractivity contribution < 1.29 is 9.47 Å². The summed E-state index contributed by atoms with van der Waals surface area (Å²) in [7, 11) is 0. The van der Waals surface area contributed by atoms with Crippen molar-refractivity contribution in [1.82, 2.24) is 9.97 Å². The Morgan fingerprint density at radius 2 is 2.19 bits per heavy atom. The van der Waals surface area contributed by atoms with E-state index in [1.165, 1.54) is 0 Å². The molecular formula is C11H19N3O2. The van der Waals surface area contributed by atoms with Gasteiger partial charge < -0.3 is 15.2 Å². The molecule has 0 saturated carbocycles. The van der Waals surface area contributed by atoms with E-state index in [1.54, 1.807) is 0 Å². The molecule has 1 rings (SSSR count). The number of aryl methyl sites for hydroxylation is 1. The van der Waals surface area contributed by atoms with Crippen LogP contribution < -0.4 is 10.5 Å². The molecule has 5 nitrogen and oxygen atoms in total. The molecule has 5 heteroatoms. The maximum atomic E-state index is 5.54. The van der Waals surface area contributed by atoms with Gasteiger partial charge in [-0.3, -0.25) is 0 Å². The summed E-state index contributed by atoms with van der Waals surface area (Å²) < 4.78 is 10.8. The Morgan fingerprint density at radius 3 is 2.81 bits per heavy atom. The first-order chi connectivity index (χ1) is 7.65. The lowest BCUT2D eigenvalue weighted by atomic mass is 10.3. The highest BCUT2D eigenvalue weighted by molar-refractivity contribution is 5.12. The largest absolute Gasteiger partial charge is 0.458 e. The van der Waals surface area contributed by atoms with Crippen LogP contribution in [0.2, 0.25) is 0 Å². The van der Waals surface area contributed by atoms with Crippen LogP contribution >= 0.6 is 0 Å². The molecule has 0 radical (unpaired) electrons. The molecule has 1 unspecified atom stereocenters. The molecule has 1 aromatic heterocycles. The van der Waals surface area contributed by atoms with Gasteiger partial charge in [0, 0.05) is 18.8 Å². The molecule has 0 aromatic carbocycles. The molecule has 16 heavy (non-hydrogen) atoms. The van der Waals surface area contributed by atoms with Crippen LogP contribution in [0.25, 0.3) is 0 Å². The van der Waals surface area contributed by atoms with E-state index < -0.39 is 0 Å². The quantitative estimate of drug-likeness (QED) is 0.783. The Balaban J connectivity index is 2.61. The highest BCUT2D eigenvalue weighted by atomic mass is 16.5. The van der Waals surface area contributed by atoms with E-state index in [-0.39, 0.29) is 6.10 Å². The third kappa shape index (κ3) is 4.12. The van der Waals surface area contributed by atoms with Crippen LogP contribution in [-0.4, -0.2) is 29.3 Å². The predicted octanol–water partition coefficient (Wildman–Crippen LogP) is 1.05. The summed E-state index contributed by atoms with van der Waals surface area (Å²) in [5.74, 6) is 0. The topological polar surface area (TPSA) is 70.3 Å². The smallest absolute Gasteiger partial charge is 0.317 e. The maximum Gasteiger partial charge on any atom is 0.317 e. The fourth-order valence-corrected chi connectivity index (χ4v) is 1.26. The molecule has 2 N–H and O–H groups in total. The van der Waals surface area contributed by atoms with Gasteiger partial charge in [0.25, 0.3) is 0 Å². The standard InChI is InChI=1S/C11H19N3O2/c1-4-15-7-9(3)16-11-13-8(2)5-10(6-12)14-11/h5,9H,4,6-7,12H2,1-3H3. The number of nitrogens with two attached hydrogens (primary N) is 1. The minimum atomic E-state index is -0.0626. The predicted molar refractivity (Wildman–Crippen MR) is 61.2 cm³/mol. The van der Waals surface area contributed by atoms with Crippen LogP contribution in [0.15, 0.2) is 6.07 Å². The van der Waals surface area contributed by atoms with Gasteiger partial charge in [0.1, 0.15) is 6.10 Å². The Kier molecular flexibility index (Phi) is 5.14. The normalized spacial score (nSPS) is 12.5. The summed E-state index contributed by atoms with van der Waals surface area (Å²) in [6, 6.07) is 2.22. The molecule has 0 fully saturated rings. The fourth-order valence-electron chi connectivity index (χ4n) is 1.26. The van der Waals surface area contributed by atoms with E-state index >= 15 is 0 Å². The average Bonchev–Trinajstić information content (AvgIpc) is 2.25. The Bertz CT molecular complexity index is 331. The summed E-state index contributed by atoms with van der Waals surface area (Å²) >= 11 is 0. The molecule has 0 spiro atoms. The molecule has 1 heterocycles. The van der Waals surface area contributed by atoms with E-state index in [1.807, 2.05) is 26.8 Å². The highest BCUT2D eigenvalue weighted by Gasteiger charge is 2.07. The van der Waals surface area contributed by atoms with E-state index in [0.29, 0.717) is 25.8 Å². The number of aromatic nitrogens is 2. The van der Waals surface area contributed by atoms with E-state index in [2.05, 4.69) is 9.97 Å². The molecule has 0 saturated heterocycles. The van der Waals surface area contributed by atoms with Gasteiger partial charge in [0.15, 0.2) is 0 Å². The van der Waals surface area contributed by atoms with Crippen molar-refractivity contribution in [2.75, 3.05) is 13.2 Å². The lowest BCUT2D eigenvalue weighted by molar-refractivity contribution is 0.0605. The van der Waals surface area contributed by atoms with Gasteiger partial charge in [-0.15, -0.1) is 0 Å². The highest BCUT2D eigenvalue weighted by Crippen LogP contribution is 2.08. The van der Waals surface area contributed by atoms with Crippen molar-refractivity contribution in [3.8, 4) is 6.01 Å². The SMILES string of the molecule is CCOCC(C)Oc1nc(C)cc(CN)n1. The van der Waals surface area contributed by atoms with Crippen LogP contribution in [0, 0.1) is 6.92 Å². The third-order valence-corrected chi connectivity index (χ3v) is 1.96. The number of nitrogens with zero attached hydrogens (tertiary/aromatic N) is 2. The Labute approximate surface area is 96.0 Å². The summed E-state index contributed by atoms with van der Waals surface area (Å²) in [5, 5.41) is 0. The summed E-state index contributed by atoms with van der Waals surface area (Å²) in [6.07, 6.45) is -0.0626. The van der Waals surface area contributed by atoms with Crippen LogP contribution in [0.4, 0.5) is 0 Å². The van der Waals surface area contributed by atoms with Crippen LogP contribution in [0.3, 0.4) is 0 Å². The molecule has 0 aliphatic rings. The Hall–Kier alpha value is -1.20. The first-order valence-corrected chi connectivity index (χ1v) is 5.44. The zero-order valence-corrected chi connectivity index (χ0v) is 10.1. The molecule has 0 aliphatic carbocycles. The first-order valence-electron chi connectivity index (χ1n) is 5.44. The van der Waals surface area contributed by atoms with Crippen molar-refractivity contribution in [2.24, 2.45) is 5.73 Å². The van der Waals surface area contributed by atoms with E-state index in [9.17, 15) is 0 Å². The second-order valence-corrected chi connectivity index (χ2v) is 3.58. The van der Waals surface area contributed by atoms with Gasteiger partial charge in [-0.1, -0.05) is 0 Å². The summed E-state index contributed by atoms with van der Waals surface area (Å²) in [6.45, 7) is 7.36. The fraction of sp³-hybridized carbons (Fsp3) is 0.636. The second-order valence-electron chi connectivity index (χ2n) is 3.58. The van der Waals surface area contributed by atoms with Crippen LogP contribution in [0.1, 0.15) is 25.2 Å². The van der Waals surface area contributed by atoms with Crippen LogP contribution in [0.5, 0.6) is 6.01 Å². The molecule has 1 atom stereocenters. The van der Waals surface area contributed by atoms with Crippen molar-refractivity contribution in [3.05, 3.63) is 17.5 Å². The molecule has 1 aromatic rings. The van der Waals surface area contributed by atoms with Gasteiger partial charge in [-0.25, -0.2) is 4.98 Å². The molecule has 90 valence electrons. The summed E-state index contributed by atoms with van der Waals surface area (Å²) in [5.41, 5.74) is 7.17. The van der Waals surface area contributed by atoms with Gasteiger partial charge in [-0.05, 0) is 26.8 Å². The minimum Gasteiger partial charge on any atom is -0.458 e. The van der Waals surface area contributed by atoms with Gasteiger partial charge >= 0.3 is 6.01 Å². The minimum absolute atomic E-state index is 0.0626. The van der Waals surface area contributed by atoms with Crippen molar-refractivity contribution >= 4 is 0 Å². The molecule has 0 amide bonds. The molecular weight excluding hydrogens is 206 g/mol. The number of hydrogen-bond donors (Lipinski definition) is 1. The monoisotopic (exact) mass is 225 g/mol. The van der Waals surface area contributed by atoms with Crippen molar-refractivity contribution in [1.29, 1.82) is 0 Å². The molecule has 0 aliphatic heterocycles. The van der Waals surface area contributed by atoms with Crippen molar-refractivity contribution in [2.45, 2.75) is 33.4 Å². The zero-order chi connectivity index (χ0) is 12.0. The summed E-state index contributed by atoms with van der Waals surface area (Å²) in [4.78, 5) is 8.37. The Morgan fingerprint density at radius 1 is 1.44 bits per heavy atom. The number of hydrogen-bond acceptors (Lipinski definition) is 5. The number of ether oxygens (including phenoxy) is 2.